The second-order valence-corrected chi connectivity index (χ2v) is 5.38. The molecule has 0 radical (unpaired) electrons. The fourth-order valence-electron chi connectivity index (χ4n) is 1.63. The van der Waals surface area contributed by atoms with Crippen molar-refractivity contribution in [2.75, 3.05) is 18.5 Å². The van der Waals surface area contributed by atoms with Gasteiger partial charge in [-0.15, -0.1) is 0 Å². The molecule has 0 bridgehead atoms. The SMILES string of the molecule is Cc1ccc(C)c(NC(=S)NCCCOC(C)C)c1. The molecule has 3 nitrogen and oxygen atoms in total. The minimum absolute atomic E-state index is 0.292. The summed E-state index contributed by atoms with van der Waals surface area (Å²) in [5.41, 5.74) is 3.48. The highest BCUT2D eigenvalue weighted by molar-refractivity contribution is 7.80. The van der Waals surface area contributed by atoms with E-state index < -0.39 is 0 Å². The standard InChI is InChI=1S/C15H24N2OS/c1-11(2)18-9-5-8-16-15(19)17-14-10-12(3)6-7-13(14)4/h6-7,10-11H,5,8-9H2,1-4H3,(H2,16,17,19). The number of ether oxygens (including phenoxy) is 1. The van der Waals surface area contributed by atoms with Gasteiger partial charge in [-0.3, -0.25) is 0 Å². The molecule has 0 aliphatic carbocycles. The van der Waals surface area contributed by atoms with Gasteiger partial charge in [-0.05, 0) is 63.5 Å². The predicted molar refractivity (Wildman–Crippen MR) is 85.8 cm³/mol. The van der Waals surface area contributed by atoms with Gasteiger partial charge in [0.15, 0.2) is 5.11 Å². The van der Waals surface area contributed by atoms with Crippen LogP contribution in [-0.4, -0.2) is 24.4 Å². The molecule has 0 fully saturated rings. The van der Waals surface area contributed by atoms with Gasteiger partial charge in [0, 0.05) is 18.8 Å². The number of hydrogen-bond acceptors (Lipinski definition) is 2. The Morgan fingerprint density at radius 3 is 2.74 bits per heavy atom. The number of hydrogen-bond donors (Lipinski definition) is 2. The Balaban J connectivity index is 2.29. The summed E-state index contributed by atoms with van der Waals surface area (Å²) in [5, 5.41) is 7.09. The zero-order chi connectivity index (χ0) is 14.3. The van der Waals surface area contributed by atoms with Gasteiger partial charge in [0.25, 0.3) is 0 Å². The fourth-order valence-corrected chi connectivity index (χ4v) is 1.84. The molecule has 1 rings (SSSR count). The summed E-state index contributed by atoms with van der Waals surface area (Å²) < 4.78 is 5.47. The first-order valence-electron chi connectivity index (χ1n) is 6.72. The van der Waals surface area contributed by atoms with E-state index in [2.05, 4.69) is 42.7 Å². The van der Waals surface area contributed by atoms with Crippen LogP contribution in [-0.2, 0) is 4.74 Å². The summed E-state index contributed by atoms with van der Waals surface area (Å²) >= 11 is 5.28. The summed E-state index contributed by atoms with van der Waals surface area (Å²) in [6.07, 6.45) is 1.24. The maximum atomic E-state index is 5.47. The lowest BCUT2D eigenvalue weighted by Crippen LogP contribution is -2.30. The van der Waals surface area contributed by atoms with Crippen molar-refractivity contribution < 1.29 is 4.74 Å². The van der Waals surface area contributed by atoms with Gasteiger partial charge in [0.05, 0.1) is 6.10 Å². The Hall–Kier alpha value is -1.13. The third-order valence-corrected chi connectivity index (χ3v) is 2.95. The fraction of sp³-hybridized carbons (Fsp3) is 0.533. The maximum absolute atomic E-state index is 5.47. The van der Waals surface area contributed by atoms with Crippen LogP contribution in [0, 0.1) is 13.8 Å². The van der Waals surface area contributed by atoms with Crippen molar-refractivity contribution in [3.05, 3.63) is 29.3 Å². The van der Waals surface area contributed by atoms with Gasteiger partial charge < -0.3 is 15.4 Å². The summed E-state index contributed by atoms with van der Waals surface area (Å²) in [6.45, 7) is 9.81. The van der Waals surface area contributed by atoms with Gasteiger partial charge in [-0.25, -0.2) is 0 Å². The van der Waals surface area contributed by atoms with Crippen molar-refractivity contribution >= 4 is 23.0 Å². The number of benzene rings is 1. The number of aryl methyl sites for hydroxylation is 2. The van der Waals surface area contributed by atoms with E-state index in [0.717, 1.165) is 25.3 Å². The van der Waals surface area contributed by atoms with Crippen molar-refractivity contribution in [2.45, 2.75) is 40.2 Å². The van der Waals surface area contributed by atoms with Crippen LogP contribution in [0.1, 0.15) is 31.4 Å². The molecule has 106 valence electrons. The minimum atomic E-state index is 0.292. The van der Waals surface area contributed by atoms with Crippen molar-refractivity contribution in [1.29, 1.82) is 0 Å². The third kappa shape index (κ3) is 6.55. The number of thiocarbonyl (C=S) groups is 1. The summed E-state index contributed by atoms with van der Waals surface area (Å²) in [6, 6.07) is 6.29. The van der Waals surface area contributed by atoms with Crippen molar-refractivity contribution in [1.82, 2.24) is 5.32 Å². The second kappa shape index (κ2) is 8.12. The van der Waals surface area contributed by atoms with E-state index in [-0.39, 0.29) is 0 Å². The molecule has 1 aromatic carbocycles. The van der Waals surface area contributed by atoms with Crippen LogP contribution in [0.5, 0.6) is 0 Å². The van der Waals surface area contributed by atoms with E-state index in [1.807, 2.05) is 13.8 Å². The molecule has 0 atom stereocenters. The first kappa shape index (κ1) is 15.9. The lowest BCUT2D eigenvalue weighted by Gasteiger charge is -2.13. The second-order valence-electron chi connectivity index (χ2n) is 4.97. The molecule has 0 saturated heterocycles. The van der Waals surface area contributed by atoms with E-state index in [9.17, 15) is 0 Å². The molecule has 0 aliphatic heterocycles. The molecule has 0 aromatic heterocycles. The zero-order valence-corrected chi connectivity index (χ0v) is 13.1. The van der Waals surface area contributed by atoms with Crippen LogP contribution in [0.4, 0.5) is 5.69 Å². The Bertz CT molecular complexity index is 419. The number of rotatable bonds is 6. The quantitative estimate of drug-likeness (QED) is 0.618. The highest BCUT2D eigenvalue weighted by atomic mass is 32.1. The molecule has 0 aliphatic rings. The van der Waals surface area contributed by atoms with Crippen molar-refractivity contribution in [2.24, 2.45) is 0 Å². The molecule has 0 amide bonds. The first-order valence-corrected chi connectivity index (χ1v) is 7.13. The van der Waals surface area contributed by atoms with Gasteiger partial charge in [0.2, 0.25) is 0 Å². The Kier molecular flexibility index (Phi) is 6.81. The minimum Gasteiger partial charge on any atom is -0.379 e. The largest absolute Gasteiger partial charge is 0.379 e. The van der Waals surface area contributed by atoms with Crippen LogP contribution in [0.25, 0.3) is 0 Å². The van der Waals surface area contributed by atoms with Crippen molar-refractivity contribution in [3.8, 4) is 0 Å². The topological polar surface area (TPSA) is 33.3 Å². The first-order chi connectivity index (χ1) is 8.99. The normalized spacial score (nSPS) is 10.6. The smallest absolute Gasteiger partial charge is 0.170 e. The summed E-state index contributed by atoms with van der Waals surface area (Å²) in [7, 11) is 0. The third-order valence-electron chi connectivity index (χ3n) is 2.70. The Morgan fingerprint density at radius 2 is 2.05 bits per heavy atom. The average Bonchev–Trinajstić information content (AvgIpc) is 2.33. The number of anilines is 1. The number of nitrogens with one attached hydrogen (secondary N) is 2. The van der Waals surface area contributed by atoms with Gasteiger partial charge >= 0.3 is 0 Å². The molecule has 19 heavy (non-hydrogen) atoms. The Labute approximate surface area is 121 Å². The molecular weight excluding hydrogens is 256 g/mol. The summed E-state index contributed by atoms with van der Waals surface area (Å²) in [5.74, 6) is 0. The molecule has 0 heterocycles. The average molecular weight is 280 g/mol. The van der Waals surface area contributed by atoms with Crippen LogP contribution in [0.3, 0.4) is 0 Å². The van der Waals surface area contributed by atoms with Crippen molar-refractivity contribution in [3.63, 3.8) is 0 Å². The van der Waals surface area contributed by atoms with E-state index in [0.29, 0.717) is 11.2 Å². The highest BCUT2D eigenvalue weighted by Crippen LogP contribution is 2.15. The van der Waals surface area contributed by atoms with E-state index in [4.69, 9.17) is 17.0 Å². The van der Waals surface area contributed by atoms with E-state index in [1.165, 1.54) is 11.1 Å². The molecule has 0 spiro atoms. The summed E-state index contributed by atoms with van der Waals surface area (Å²) in [4.78, 5) is 0. The molecule has 4 heteroatoms. The van der Waals surface area contributed by atoms with E-state index >= 15 is 0 Å². The van der Waals surface area contributed by atoms with E-state index in [1.54, 1.807) is 0 Å². The van der Waals surface area contributed by atoms with Crippen LogP contribution >= 0.6 is 12.2 Å². The molecule has 0 unspecified atom stereocenters. The highest BCUT2D eigenvalue weighted by Gasteiger charge is 2.01. The molecule has 2 N–H and O–H groups in total. The predicted octanol–water partition coefficient (Wildman–Crippen LogP) is 3.40. The molecular formula is C15H24N2OS. The van der Waals surface area contributed by atoms with Crippen LogP contribution < -0.4 is 10.6 Å². The zero-order valence-electron chi connectivity index (χ0n) is 12.2. The van der Waals surface area contributed by atoms with Gasteiger partial charge in [-0.1, -0.05) is 12.1 Å². The molecule has 1 aromatic rings. The maximum Gasteiger partial charge on any atom is 0.170 e. The van der Waals surface area contributed by atoms with Gasteiger partial charge in [0.1, 0.15) is 0 Å². The van der Waals surface area contributed by atoms with Crippen LogP contribution in [0.2, 0.25) is 0 Å². The molecule has 0 saturated carbocycles. The lowest BCUT2D eigenvalue weighted by atomic mass is 10.1. The van der Waals surface area contributed by atoms with Gasteiger partial charge in [-0.2, -0.15) is 0 Å². The lowest BCUT2D eigenvalue weighted by molar-refractivity contribution is 0.0777. The van der Waals surface area contributed by atoms with Crippen LogP contribution in [0.15, 0.2) is 18.2 Å². The Morgan fingerprint density at radius 1 is 1.32 bits per heavy atom. The monoisotopic (exact) mass is 280 g/mol.